The number of benzene rings is 1. The van der Waals surface area contributed by atoms with Gasteiger partial charge in [0.15, 0.2) is 0 Å². The van der Waals surface area contributed by atoms with Gasteiger partial charge in [0.25, 0.3) is 0 Å². The molecule has 0 aliphatic heterocycles. The van der Waals surface area contributed by atoms with Crippen LogP contribution in [0.5, 0.6) is 0 Å². The zero-order valence-electron chi connectivity index (χ0n) is 13.0. The first-order valence-corrected chi connectivity index (χ1v) is 7.58. The van der Waals surface area contributed by atoms with Gasteiger partial charge in [-0.2, -0.15) is 0 Å². The van der Waals surface area contributed by atoms with Crippen LogP contribution in [0.2, 0.25) is 0 Å². The zero-order valence-corrected chi connectivity index (χ0v) is 13.0. The fraction of sp³-hybridized carbons (Fsp3) is 0.389. The lowest BCUT2D eigenvalue weighted by molar-refractivity contribution is 0.374. The summed E-state index contributed by atoms with van der Waals surface area (Å²) in [5.74, 6) is 1.70. The second-order valence-corrected chi connectivity index (χ2v) is 6.22. The normalized spacial score (nSPS) is 20.7. The molecule has 1 N–H and O–H groups in total. The van der Waals surface area contributed by atoms with Gasteiger partial charge in [0.05, 0.1) is 11.9 Å². The Morgan fingerprint density at radius 3 is 2.57 bits per heavy atom. The zero-order chi connectivity index (χ0) is 14.8. The maximum Gasteiger partial charge on any atom is 0.128 e. The average Bonchev–Trinajstić information content (AvgIpc) is 2.43. The van der Waals surface area contributed by atoms with Crippen LogP contribution >= 0.6 is 0 Å². The monoisotopic (exact) mass is 281 g/mol. The summed E-state index contributed by atoms with van der Waals surface area (Å²) in [5.41, 5.74) is 3.95. The van der Waals surface area contributed by atoms with Crippen molar-refractivity contribution in [1.29, 1.82) is 0 Å². The predicted molar refractivity (Wildman–Crippen MR) is 89.1 cm³/mol. The van der Waals surface area contributed by atoms with Crippen molar-refractivity contribution < 1.29 is 0 Å². The lowest BCUT2D eigenvalue weighted by Crippen LogP contribution is -2.34. The molecule has 110 valence electrons. The smallest absolute Gasteiger partial charge is 0.128 e. The Morgan fingerprint density at radius 1 is 1.14 bits per heavy atom. The Hall–Kier alpha value is -2.03. The Kier molecular flexibility index (Phi) is 3.82. The fourth-order valence-corrected chi connectivity index (χ4v) is 2.90. The van der Waals surface area contributed by atoms with Crippen molar-refractivity contribution >= 4 is 11.5 Å². The third kappa shape index (κ3) is 3.18. The summed E-state index contributed by atoms with van der Waals surface area (Å²) in [4.78, 5) is 6.46. The van der Waals surface area contributed by atoms with Crippen LogP contribution in [-0.2, 0) is 0 Å². The fourth-order valence-electron chi connectivity index (χ4n) is 2.90. The summed E-state index contributed by atoms with van der Waals surface area (Å²) in [6, 6.07) is 13.6. The average molecular weight is 281 g/mol. The molecular weight excluding hydrogens is 258 g/mol. The molecule has 1 saturated carbocycles. The quantitative estimate of drug-likeness (QED) is 0.923. The molecule has 0 amide bonds. The maximum atomic E-state index is 4.44. The molecule has 0 bridgehead atoms. The number of aromatic nitrogens is 1. The first kappa shape index (κ1) is 13.9. The van der Waals surface area contributed by atoms with Crippen molar-refractivity contribution in [2.24, 2.45) is 0 Å². The van der Waals surface area contributed by atoms with E-state index in [2.05, 4.69) is 53.6 Å². The van der Waals surface area contributed by atoms with E-state index < -0.39 is 0 Å². The molecule has 1 aromatic heterocycles. The number of nitrogens with one attached hydrogen (secondary N) is 1. The van der Waals surface area contributed by atoms with Gasteiger partial charge < -0.3 is 10.2 Å². The van der Waals surface area contributed by atoms with Crippen LogP contribution in [-0.4, -0.2) is 25.1 Å². The maximum absolute atomic E-state index is 4.44. The second kappa shape index (κ2) is 5.76. The van der Waals surface area contributed by atoms with E-state index in [0.717, 1.165) is 11.5 Å². The van der Waals surface area contributed by atoms with Crippen molar-refractivity contribution in [3.63, 3.8) is 0 Å². The minimum absolute atomic E-state index is 0.572. The van der Waals surface area contributed by atoms with Crippen LogP contribution in [0.15, 0.2) is 42.6 Å². The van der Waals surface area contributed by atoms with Crippen molar-refractivity contribution in [1.82, 2.24) is 4.98 Å². The summed E-state index contributed by atoms with van der Waals surface area (Å²) in [6.45, 7) is 2.16. The molecule has 1 aromatic carbocycles. The Balaban J connectivity index is 1.55. The van der Waals surface area contributed by atoms with Gasteiger partial charge in [-0.1, -0.05) is 29.8 Å². The summed E-state index contributed by atoms with van der Waals surface area (Å²) in [6.07, 6.45) is 4.34. The van der Waals surface area contributed by atoms with E-state index in [1.54, 1.807) is 0 Å². The van der Waals surface area contributed by atoms with Crippen LogP contribution in [0.3, 0.4) is 0 Å². The first-order valence-electron chi connectivity index (χ1n) is 7.58. The SMILES string of the molecule is Cc1cccc(C2CC(Nc3ccc(N(C)C)nc3)C2)c1. The van der Waals surface area contributed by atoms with Crippen LogP contribution in [0.25, 0.3) is 0 Å². The molecule has 3 rings (SSSR count). The number of aryl methyl sites for hydroxylation is 1. The predicted octanol–water partition coefficient (Wildman–Crippen LogP) is 3.81. The largest absolute Gasteiger partial charge is 0.381 e. The van der Waals surface area contributed by atoms with Gasteiger partial charge >= 0.3 is 0 Å². The molecular formula is C18H23N3. The van der Waals surface area contributed by atoms with E-state index >= 15 is 0 Å². The third-order valence-electron chi connectivity index (χ3n) is 4.23. The number of anilines is 2. The topological polar surface area (TPSA) is 28.2 Å². The molecule has 1 fully saturated rings. The molecule has 21 heavy (non-hydrogen) atoms. The molecule has 1 heterocycles. The molecule has 1 aliphatic rings. The van der Waals surface area contributed by atoms with Crippen molar-refractivity contribution in [2.45, 2.75) is 31.7 Å². The highest BCUT2D eigenvalue weighted by Crippen LogP contribution is 2.38. The lowest BCUT2D eigenvalue weighted by Gasteiger charge is -2.37. The van der Waals surface area contributed by atoms with Gasteiger partial charge in [-0.3, -0.25) is 0 Å². The van der Waals surface area contributed by atoms with Gasteiger partial charge in [0.1, 0.15) is 5.82 Å². The number of hydrogen-bond acceptors (Lipinski definition) is 3. The number of hydrogen-bond donors (Lipinski definition) is 1. The van der Waals surface area contributed by atoms with Gasteiger partial charge in [0, 0.05) is 20.1 Å². The summed E-state index contributed by atoms with van der Waals surface area (Å²) in [5, 5.41) is 3.58. The summed E-state index contributed by atoms with van der Waals surface area (Å²) >= 11 is 0. The van der Waals surface area contributed by atoms with E-state index in [9.17, 15) is 0 Å². The van der Waals surface area contributed by atoms with E-state index in [1.165, 1.54) is 24.0 Å². The molecule has 0 spiro atoms. The lowest BCUT2D eigenvalue weighted by atomic mass is 9.75. The highest BCUT2D eigenvalue weighted by Gasteiger charge is 2.30. The van der Waals surface area contributed by atoms with E-state index in [0.29, 0.717) is 12.0 Å². The van der Waals surface area contributed by atoms with Crippen LogP contribution < -0.4 is 10.2 Å². The molecule has 1 aliphatic carbocycles. The van der Waals surface area contributed by atoms with E-state index in [-0.39, 0.29) is 0 Å². The van der Waals surface area contributed by atoms with Crippen molar-refractivity contribution in [3.05, 3.63) is 53.7 Å². The Bertz CT molecular complexity index is 598. The minimum atomic E-state index is 0.572. The second-order valence-electron chi connectivity index (χ2n) is 6.22. The third-order valence-corrected chi connectivity index (χ3v) is 4.23. The van der Waals surface area contributed by atoms with Gasteiger partial charge in [-0.15, -0.1) is 0 Å². The summed E-state index contributed by atoms with van der Waals surface area (Å²) in [7, 11) is 4.02. The van der Waals surface area contributed by atoms with E-state index in [4.69, 9.17) is 0 Å². The molecule has 0 atom stereocenters. The highest BCUT2D eigenvalue weighted by molar-refractivity contribution is 5.49. The first-order chi connectivity index (χ1) is 10.1. The molecule has 3 nitrogen and oxygen atoms in total. The van der Waals surface area contributed by atoms with Crippen LogP contribution in [0, 0.1) is 6.92 Å². The molecule has 3 heteroatoms. The molecule has 2 aromatic rings. The van der Waals surface area contributed by atoms with Crippen molar-refractivity contribution in [3.8, 4) is 0 Å². The van der Waals surface area contributed by atoms with Crippen LogP contribution in [0.1, 0.15) is 29.9 Å². The molecule has 0 radical (unpaired) electrons. The summed E-state index contributed by atoms with van der Waals surface area (Å²) < 4.78 is 0. The number of nitrogens with zero attached hydrogens (tertiary/aromatic N) is 2. The molecule has 0 saturated heterocycles. The van der Waals surface area contributed by atoms with Crippen LogP contribution in [0.4, 0.5) is 11.5 Å². The highest BCUT2D eigenvalue weighted by atomic mass is 15.1. The Morgan fingerprint density at radius 2 is 1.95 bits per heavy atom. The van der Waals surface area contributed by atoms with Gasteiger partial charge in [-0.05, 0) is 43.4 Å². The van der Waals surface area contributed by atoms with Crippen molar-refractivity contribution in [2.75, 3.05) is 24.3 Å². The van der Waals surface area contributed by atoms with Gasteiger partial charge in [0.2, 0.25) is 0 Å². The minimum Gasteiger partial charge on any atom is -0.381 e. The molecule has 0 unspecified atom stereocenters. The number of rotatable bonds is 4. The number of pyridine rings is 1. The standard InChI is InChI=1S/C18H23N3/c1-13-5-4-6-14(9-13)15-10-17(11-15)20-16-7-8-18(19-12-16)21(2)3/h4-9,12,15,17,20H,10-11H2,1-3H3. The van der Waals surface area contributed by atoms with E-state index in [1.807, 2.05) is 25.2 Å². The Labute approximate surface area is 127 Å². The van der Waals surface area contributed by atoms with Gasteiger partial charge in [-0.25, -0.2) is 4.98 Å².